The average molecular weight is 382 g/mol. The van der Waals surface area contributed by atoms with Gasteiger partial charge in [0.2, 0.25) is 0 Å². The van der Waals surface area contributed by atoms with Gasteiger partial charge in [0, 0.05) is 4.47 Å². The normalized spacial score (nSPS) is 11.6. The summed E-state index contributed by atoms with van der Waals surface area (Å²) in [6.07, 6.45) is 1.53. The maximum Gasteiger partial charge on any atom is 0.344 e. The van der Waals surface area contributed by atoms with E-state index in [-0.39, 0.29) is 19.3 Å². The van der Waals surface area contributed by atoms with Crippen LogP contribution in [0.2, 0.25) is 0 Å². The number of nitrogens with one attached hydrogen (secondary N) is 1. The van der Waals surface area contributed by atoms with E-state index in [4.69, 9.17) is 13.9 Å². The first-order valence-electron chi connectivity index (χ1n) is 6.91. The topological polar surface area (TPSA) is 77.8 Å². The fourth-order valence-corrected chi connectivity index (χ4v) is 2.16. The van der Waals surface area contributed by atoms with Crippen molar-refractivity contribution in [3.8, 4) is 5.75 Å². The summed E-state index contributed by atoms with van der Waals surface area (Å²) in [6, 6.07) is 10.3. The van der Waals surface area contributed by atoms with Crippen molar-refractivity contribution in [3.63, 3.8) is 0 Å². The lowest BCUT2D eigenvalue weighted by atomic mass is 10.2. The number of hydrogen-bond acceptors (Lipinski definition) is 5. The van der Waals surface area contributed by atoms with Gasteiger partial charge >= 0.3 is 5.97 Å². The molecule has 0 radical (unpaired) electrons. The number of benzene rings is 1. The van der Waals surface area contributed by atoms with Crippen LogP contribution in [0.15, 0.2) is 51.6 Å². The van der Waals surface area contributed by atoms with E-state index in [1.165, 1.54) is 6.26 Å². The van der Waals surface area contributed by atoms with E-state index in [1.807, 2.05) is 6.07 Å². The second kappa shape index (κ2) is 8.38. The van der Waals surface area contributed by atoms with Crippen molar-refractivity contribution in [3.05, 3.63) is 52.9 Å². The van der Waals surface area contributed by atoms with Crippen LogP contribution in [0.5, 0.6) is 5.75 Å². The molecule has 0 saturated carbocycles. The summed E-state index contributed by atoms with van der Waals surface area (Å²) in [6.45, 7) is 1.14. The molecule has 0 aliphatic heterocycles. The van der Waals surface area contributed by atoms with E-state index in [9.17, 15) is 9.59 Å². The summed E-state index contributed by atoms with van der Waals surface area (Å²) >= 11 is 3.30. The number of halogens is 1. The summed E-state index contributed by atoms with van der Waals surface area (Å²) in [7, 11) is 0. The summed E-state index contributed by atoms with van der Waals surface area (Å²) in [5.74, 6) is 0.130. The Labute approximate surface area is 141 Å². The summed E-state index contributed by atoms with van der Waals surface area (Å²) in [5, 5.41) is 2.66. The molecule has 122 valence electrons. The van der Waals surface area contributed by atoms with Crippen LogP contribution in [0.1, 0.15) is 18.7 Å². The molecule has 0 spiro atoms. The van der Waals surface area contributed by atoms with Gasteiger partial charge in [-0.25, -0.2) is 4.79 Å². The van der Waals surface area contributed by atoms with Gasteiger partial charge in [-0.3, -0.25) is 4.79 Å². The molecule has 6 nitrogen and oxygen atoms in total. The van der Waals surface area contributed by atoms with Gasteiger partial charge in [-0.15, -0.1) is 0 Å². The maximum atomic E-state index is 11.7. The first kappa shape index (κ1) is 17.1. The van der Waals surface area contributed by atoms with Gasteiger partial charge in [0.1, 0.15) is 11.5 Å². The Morgan fingerprint density at radius 1 is 1.26 bits per heavy atom. The maximum absolute atomic E-state index is 11.7. The Hall–Kier alpha value is -2.28. The highest BCUT2D eigenvalue weighted by atomic mass is 79.9. The fourth-order valence-electron chi connectivity index (χ4n) is 1.78. The number of esters is 1. The predicted octanol–water partition coefficient (Wildman–Crippen LogP) is 2.84. The lowest BCUT2D eigenvalue weighted by Crippen LogP contribution is -2.31. The van der Waals surface area contributed by atoms with Gasteiger partial charge in [0.25, 0.3) is 5.91 Å². The second-order valence-electron chi connectivity index (χ2n) is 4.71. The molecule has 0 bridgehead atoms. The van der Waals surface area contributed by atoms with Crippen LogP contribution in [0.25, 0.3) is 0 Å². The van der Waals surface area contributed by atoms with E-state index in [2.05, 4.69) is 21.2 Å². The van der Waals surface area contributed by atoms with Crippen LogP contribution in [0.3, 0.4) is 0 Å². The molecule has 0 unspecified atom stereocenters. The number of ether oxygens (including phenoxy) is 2. The minimum absolute atomic E-state index is 0.266. The molecule has 2 rings (SSSR count). The van der Waals surface area contributed by atoms with Crippen molar-refractivity contribution in [1.29, 1.82) is 0 Å². The molecule has 1 aromatic carbocycles. The van der Waals surface area contributed by atoms with E-state index in [0.29, 0.717) is 11.5 Å². The summed E-state index contributed by atoms with van der Waals surface area (Å²) in [5.41, 5.74) is 0. The van der Waals surface area contributed by atoms with Gasteiger partial charge in [0.15, 0.2) is 13.2 Å². The van der Waals surface area contributed by atoms with Crippen molar-refractivity contribution in [1.82, 2.24) is 5.32 Å². The molecular formula is C16H16BrNO5. The highest BCUT2D eigenvalue weighted by Crippen LogP contribution is 2.17. The quantitative estimate of drug-likeness (QED) is 0.746. The molecule has 7 heteroatoms. The van der Waals surface area contributed by atoms with Gasteiger partial charge < -0.3 is 19.2 Å². The van der Waals surface area contributed by atoms with Crippen LogP contribution < -0.4 is 10.1 Å². The minimum atomic E-state index is -0.620. The first-order chi connectivity index (χ1) is 11.0. The fraction of sp³-hybridized carbons (Fsp3) is 0.250. The number of hydrogen-bond donors (Lipinski definition) is 1. The smallest absolute Gasteiger partial charge is 0.344 e. The van der Waals surface area contributed by atoms with Crippen LogP contribution in [-0.2, 0) is 14.3 Å². The standard InChI is InChI=1S/C16H16BrNO5/c1-11(14-6-3-7-21-14)18-15(19)9-23-16(20)10-22-13-5-2-4-12(17)8-13/h2-8,11H,9-10H2,1H3,(H,18,19)/t11-/m1/s1. The third kappa shape index (κ3) is 5.78. The van der Waals surface area contributed by atoms with E-state index in [1.54, 1.807) is 37.3 Å². The molecule has 2 aromatic rings. The summed E-state index contributed by atoms with van der Waals surface area (Å²) < 4.78 is 16.1. The van der Waals surface area contributed by atoms with E-state index in [0.717, 1.165) is 4.47 Å². The molecule has 1 aromatic heterocycles. The Morgan fingerprint density at radius 2 is 2.09 bits per heavy atom. The van der Waals surface area contributed by atoms with Crippen molar-refractivity contribution in [2.75, 3.05) is 13.2 Å². The zero-order valence-electron chi connectivity index (χ0n) is 12.5. The van der Waals surface area contributed by atoms with Crippen molar-refractivity contribution in [2.24, 2.45) is 0 Å². The second-order valence-corrected chi connectivity index (χ2v) is 5.63. The lowest BCUT2D eigenvalue weighted by Gasteiger charge is -2.11. The number of carbonyl (C=O) groups excluding carboxylic acids is 2. The Bertz CT molecular complexity index is 656. The molecule has 1 N–H and O–H groups in total. The van der Waals surface area contributed by atoms with Crippen LogP contribution in [-0.4, -0.2) is 25.1 Å². The molecule has 1 heterocycles. The molecular weight excluding hydrogens is 366 g/mol. The highest BCUT2D eigenvalue weighted by Gasteiger charge is 2.13. The predicted molar refractivity (Wildman–Crippen MR) is 85.9 cm³/mol. The van der Waals surface area contributed by atoms with Gasteiger partial charge in [-0.1, -0.05) is 22.0 Å². The Kier molecular flexibility index (Phi) is 6.22. The average Bonchev–Trinajstić information content (AvgIpc) is 3.05. The molecule has 0 fully saturated rings. The minimum Gasteiger partial charge on any atom is -0.482 e. The molecule has 0 aliphatic rings. The number of rotatable bonds is 7. The lowest BCUT2D eigenvalue weighted by molar-refractivity contribution is -0.150. The van der Waals surface area contributed by atoms with Crippen LogP contribution >= 0.6 is 15.9 Å². The number of furan rings is 1. The SMILES string of the molecule is C[C@@H](NC(=O)COC(=O)COc1cccc(Br)c1)c1ccco1. The Morgan fingerprint density at radius 3 is 2.78 bits per heavy atom. The number of amides is 1. The monoisotopic (exact) mass is 381 g/mol. The zero-order valence-corrected chi connectivity index (χ0v) is 14.0. The molecule has 1 amide bonds. The van der Waals surface area contributed by atoms with Gasteiger partial charge in [0.05, 0.1) is 12.3 Å². The van der Waals surface area contributed by atoms with Crippen molar-refractivity contribution in [2.45, 2.75) is 13.0 Å². The first-order valence-corrected chi connectivity index (χ1v) is 7.70. The van der Waals surface area contributed by atoms with Gasteiger partial charge in [-0.2, -0.15) is 0 Å². The third-order valence-electron chi connectivity index (χ3n) is 2.86. The highest BCUT2D eigenvalue weighted by molar-refractivity contribution is 9.10. The van der Waals surface area contributed by atoms with E-state index >= 15 is 0 Å². The molecule has 0 aliphatic carbocycles. The van der Waals surface area contributed by atoms with Crippen LogP contribution in [0, 0.1) is 0 Å². The third-order valence-corrected chi connectivity index (χ3v) is 3.36. The zero-order chi connectivity index (χ0) is 16.7. The van der Waals surface area contributed by atoms with E-state index < -0.39 is 11.9 Å². The molecule has 1 atom stereocenters. The summed E-state index contributed by atoms with van der Waals surface area (Å²) in [4.78, 5) is 23.3. The molecule has 23 heavy (non-hydrogen) atoms. The van der Waals surface area contributed by atoms with Crippen molar-refractivity contribution >= 4 is 27.8 Å². The number of carbonyl (C=O) groups is 2. The molecule has 0 saturated heterocycles. The van der Waals surface area contributed by atoms with Crippen molar-refractivity contribution < 1.29 is 23.5 Å². The Balaban J connectivity index is 1.68. The van der Waals surface area contributed by atoms with Gasteiger partial charge in [-0.05, 0) is 37.3 Å². The van der Waals surface area contributed by atoms with Crippen LogP contribution in [0.4, 0.5) is 0 Å². The largest absolute Gasteiger partial charge is 0.482 e.